The van der Waals surface area contributed by atoms with Crippen molar-refractivity contribution in [2.75, 3.05) is 6.61 Å². The number of hydrogen-bond donors (Lipinski definition) is 0. The van der Waals surface area contributed by atoms with E-state index >= 15 is 0 Å². The van der Waals surface area contributed by atoms with Crippen LogP contribution in [-0.4, -0.2) is 23.5 Å². The summed E-state index contributed by atoms with van der Waals surface area (Å²) in [7, 11) is 0. The second-order valence-electron chi connectivity index (χ2n) is 6.54. The number of halogens is 1. The van der Waals surface area contributed by atoms with E-state index < -0.39 is 0 Å². The van der Waals surface area contributed by atoms with E-state index in [0.717, 1.165) is 20.8 Å². The number of hydrogen-bond acceptors (Lipinski definition) is 2. The summed E-state index contributed by atoms with van der Waals surface area (Å²) in [4.78, 5) is 14.5. The Balaban J connectivity index is 1.67. The fraction of sp³-hybridized carbons (Fsp3) is 0.227. The summed E-state index contributed by atoms with van der Waals surface area (Å²) in [5, 5.41) is 2.22. The quantitative estimate of drug-likeness (QED) is 0.541. The van der Waals surface area contributed by atoms with Crippen LogP contribution in [0.2, 0.25) is 0 Å². The zero-order chi connectivity index (χ0) is 18.5. The molecule has 0 atom stereocenters. The highest BCUT2D eigenvalue weighted by Gasteiger charge is 2.18. The molecule has 0 saturated carbocycles. The fourth-order valence-corrected chi connectivity index (χ4v) is 3.23. The minimum absolute atomic E-state index is 0.0141. The zero-order valence-corrected chi connectivity index (χ0v) is 16.6. The van der Waals surface area contributed by atoms with Gasteiger partial charge in [-0.15, -0.1) is 0 Å². The molecule has 0 radical (unpaired) electrons. The summed E-state index contributed by atoms with van der Waals surface area (Å²) < 4.78 is 6.82. The predicted octanol–water partition coefficient (Wildman–Crippen LogP) is 5.42. The van der Waals surface area contributed by atoms with Gasteiger partial charge in [-0.05, 0) is 54.4 Å². The van der Waals surface area contributed by atoms with Gasteiger partial charge in [0.05, 0.1) is 0 Å². The molecule has 0 bridgehead atoms. The van der Waals surface area contributed by atoms with Crippen LogP contribution in [0.4, 0.5) is 0 Å². The number of nitrogens with zero attached hydrogens (tertiary/aromatic N) is 1. The molecule has 4 heteroatoms. The van der Waals surface area contributed by atoms with Gasteiger partial charge < -0.3 is 9.64 Å². The van der Waals surface area contributed by atoms with Gasteiger partial charge in [0.1, 0.15) is 5.75 Å². The number of benzene rings is 3. The molecule has 26 heavy (non-hydrogen) atoms. The topological polar surface area (TPSA) is 29.5 Å². The highest BCUT2D eigenvalue weighted by atomic mass is 79.9. The molecule has 0 saturated heterocycles. The van der Waals surface area contributed by atoms with Crippen molar-refractivity contribution in [1.82, 2.24) is 4.90 Å². The molecule has 3 nitrogen and oxygen atoms in total. The lowest BCUT2D eigenvalue weighted by molar-refractivity contribution is -0.135. The van der Waals surface area contributed by atoms with E-state index in [1.807, 2.05) is 79.4 Å². The summed E-state index contributed by atoms with van der Waals surface area (Å²) in [6, 6.07) is 22.1. The van der Waals surface area contributed by atoms with E-state index in [1.54, 1.807) is 0 Å². The van der Waals surface area contributed by atoms with Gasteiger partial charge in [-0.25, -0.2) is 0 Å². The van der Waals surface area contributed by atoms with E-state index in [4.69, 9.17) is 4.74 Å². The Hall–Kier alpha value is -2.33. The summed E-state index contributed by atoms with van der Waals surface area (Å²) in [5.41, 5.74) is 1.12. The van der Waals surface area contributed by atoms with Gasteiger partial charge in [0.25, 0.3) is 5.91 Å². The van der Waals surface area contributed by atoms with E-state index in [-0.39, 0.29) is 18.6 Å². The summed E-state index contributed by atoms with van der Waals surface area (Å²) in [6.45, 7) is 4.67. The zero-order valence-electron chi connectivity index (χ0n) is 15.0. The lowest BCUT2D eigenvalue weighted by Gasteiger charge is -2.27. The summed E-state index contributed by atoms with van der Waals surface area (Å²) >= 11 is 3.48. The third-order valence-corrected chi connectivity index (χ3v) is 4.77. The molecule has 0 aliphatic rings. The second-order valence-corrected chi connectivity index (χ2v) is 7.46. The average Bonchev–Trinajstić information content (AvgIpc) is 2.64. The van der Waals surface area contributed by atoms with Crippen molar-refractivity contribution in [1.29, 1.82) is 0 Å². The smallest absolute Gasteiger partial charge is 0.261 e. The molecule has 0 N–H and O–H groups in total. The second kappa shape index (κ2) is 8.37. The maximum absolute atomic E-state index is 12.7. The number of fused-ring (bicyclic) bond motifs is 1. The Morgan fingerprint density at radius 1 is 1.00 bits per heavy atom. The van der Waals surface area contributed by atoms with Crippen molar-refractivity contribution in [2.24, 2.45) is 0 Å². The van der Waals surface area contributed by atoms with Gasteiger partial charge in [-0.1, -0.05) is 58.4 Å². The van der Waals surface area contributed by atoms with Crippen LogP contribution in [0.5, 0.6) is 5.75 Å². The third kappa shape index (κ3) is 4.64. The maximum atomic E-state index is 12.7. The number of ether oxygens (including phenoxy) is 1. The van der Waals surface area contributed by atoms with Gasteiger partial charge in [0, 0.05) is 17.1 Å². The monoisotopic (exact) mass is 411 g/mol. The first-order valence-electron chi connectivity index (χ1n) is 8.68. The van der Waals surface area contributed by atoms with Gasteiger partial charge in [-0.2, -0.15) is 0 Å². The van der Waals surface area contributed by atoms with Gasteiger partial charge in [0.15, 0.2) is 6.61 Å². The molecule has 0 heterocycles. The predicted molar refractivity (Wildman–Crippen MR) is 109 cm³/mol. The lowest BCUT2D eigenvalue weighted by Crippen LogP contribution is -2.39. The molecular weight excluding hydrogens is 390 g/mol. The van der Waals surface area contributed by atoms with Crippen LogP contribution in [0.25, 0.3) is 10.8 Å². The molecule has 134 valence electrons. The average molecular weight is 412 g/mol. The molecule has 0 spiro atoms. The Bertz CT molecular complexity index is 893. The molecule has 3 rings (SSSR count). The molecule has 0 unspecified atom stereocenters. The highest BCUT2D eigenvalue weighted by Crippen LogP contribution is 2.24. The Morgan fingerprint density at radius 3 is 2.42 bits per heavy atom. The first kappa shape index (κ1) is 18.5. The van der Waals surface area contributed by atoms with E-state index in [0.29, 0.717) is 12.3 Å². The van der Waals surface area contributed by atoms with E-state index in [9.17, 15) is 4.79 Å². The molecule has 0 aromatic heterocycles. The van der Waals surface area contributed by atoms with E-state index in [2.05, 4.69) is 22.0 Å². The Morgan fingerprint density at radius 2 is 1.69 bits per heavy atom. The largest absolute Gasteiger partial charge is 0.484 e. The number of carbonyl (C=O) groups excluding carboxylic acids is 1. The highest BCUT2D eigenvalue weighted by molar-refractivity contribution is 9.10. The van der Waals surface area contributed by atoms with Crippen LogP contribution < -0.4 is 4.74 Å². The van der Waals surface area contributed by atoms with Crippen LogP contribution in [0.1, 0.15) is 19.4 Å². The van der Waals surface area contributed by atoms with Gasteiger partial charge in [0.2, 0.25) is 0 Å². The molecule has 3 aromatic carbocycles. The minimum atomic E-state index is -0.0141. The Kier molecular flexibility index (Phi) is 5.94. The molecule has 0 fully saturated rings. The van der Waals surface area contributed by atoms with Crippen molar-refractivity contribution in [3.63, 3.8) is 0 Å². The minimum Gasteiger partial charge on any atom is -0.484 e. The molecule has 0 aliphatic carbocycles. The van der Waals surface area contributed by atoms with Crippen LogP contribution >= 0.6 is 15.9 Å². The third-order valence-electron chi connectivity index (χ3n) is 4.28. The summed E-state index contributed by atoms with van der Waals surface area (Å²) in [5.74, 6) is 0.691. The van der Waals surface area contributed by atoms with Crippen molar-refractivity contribution in [2.45, 2.75) is 26.4 Å². The normalized spacial score (nSPS) is 10.9. The standard InChI is InChI=1S/C22H22BrNO2/c1-16(2)24(14-17-6-4-3-5-7-17)22(25)15-26-21-11-9-18-12-20(23)10-8-19(18)13-21/h3-13,16H,14-15H2,1-2H3. The fourth-order valence-electron chi connectivity index (χ4n) is 2.85. The van der Waals surface area contributed by atoms with Crippen molar-refractivity contribution in [3.8, 4) is 5.75 Å². The van der Waals surface area contributed by atoms with Gasteiger partial charge >= 0.3 is 0 Å². The SMILES string of the molecule is CC(C)N(Cc1ccccc1)C(=O)COc1ccc2cc(Br)ccc2c1. The van der Waals surface area contributed by atoms with Crippen molar-refractivity contribution in [3.05, 3.63) is 76.8 Å². The van der Waals surface area contributed by atoms with E-state index in [1.165, 1.54) is 0 Å². The Labute approximate surface area is 162 Å². The van der Waals surface area contributed by atoms with Crippen LogP contribution in [0.3, 0.4) is 0 Å². The number of rotatable bonds is 6. The summed E-state index contributed by atoms with van der Waals surface area (Å²) in [6.07, 6.45) is 0. The maximum Gasteiger partial charge on any atom is 0.261 e. The number of amides is 1. The van der Waals surface area contributed by atoms with Gasteiger partial charge in [-0.3, -0.25) is 4.79 Å². The first-order valence-corrected chi connectivity index (χ1v) is 9.48. The number of carbonyl (C=O) groups is 1. The van der Waals surface area contributed by atoms with Crippen LogP contribution in [0.15, 0.2) is 71.2 Å². The lowest BCUT2D eigenvalue weighted by atomic mass is 10.1. The first-order chi connectivity index (χ1) is 12.5. The van der Waals surface area contributed by atoms with Crippen molar-refractivity contribution < 1.29 is 9.53 Å². The van der Waals surface area contributed by atoms with Crippen molar-refractivity contribution >= 4 is 32.6 Å². The molecule has 3 aromatic rings. The molecular formula is C22H22BrNO2. The molecule has 1 amide bonds. The van der Waals surface area contributed by atoms with Crippen LogP contribution in [-0.2, 0) is 11.3 Å². The van der Waals surface area contributed by atoms with Crippen LogP contribution in [0, 0.1) is 0 Å². The molecule has 0 aliphatic heterocycles.